The Labute approximate surface area is 146 Å². The molecule has 24 heavy (non-hydrogen) atoms. The van der Waals surface area contributed by atoms with Crippen LogP contribution in [0.2, 0.25) is 5.28 Å². The fourth-order valence-corrected chi connectivity index (χ4v) is 3.06. The minimum atomic E-state index is -0.383. The Morgan fingerprint density at radius 3 is 2.33 bits per heavy atom. The van der Waals surface area contributed by atoms with Crippen molar-refractivity contribution in [3.05, 3.63) is 59.0 Å². The summed E-state index contributed by atoms with van der Waals surface area (Å²) in [5.74, 6) is 1.38. The number of para-hydroxylation sites is 1. The Morgan fingerprint density at radius 2 is 1.62 bits per heavy atom. The molecule has 0 unspecified atom stereocenters. The van der Waals surface area contributed by atoms with E-state index in [1.807, 2.05) is 42.5 Å². The summed E-state index contributed by atoms with van der Waals surface area (Å²) in [6.07, 6.45) is 0. The third kappa shape index (κ3) is 2.78. The van der Waals surface area contributed by atoms with Gasteiger partial charge in [0.05, 0.1) is 25.4 Å². The minimum absolute atomic E-state index is 0.247. The van der Waals surface area contributed by atoms with Crippen molar-refractivity contribution in [2.24, 2.45) is 0 Å². The first-order chi connectivity index (χ1) is 11.5. The number of benzene rings is 2. The van der Waals surface area contributed by atoms with Crippen molar-refractivity contribution >= 4 is 22.5 Å². The molecule has 0 aliphatic heterocycles. The van der Waals surface area contributed by atoms with Crippen molar-refractivity contribution in [2.45, 2.75) is 19.3 Å². The molecule has 3 rings (SSSR count). The second kappa shape index (κ2) is 6.29. The molecule has 4 nitrogen and oxygen atoms in total. The van der Waals surface area contributed by atoms with Gasteiger partial charge in [0.2, 0.25) is 5.28 Å². The molecule has 2 aromatic carbocycles. The van der Waals surface area contributed by atoms with E-state index < -0.39 is 0 Å². The van der Waals surface area contributed by atoms with Gasteiger partial charge in [0.25, 0.3) is 0 Å². The lowest BCUT2D eigenvalue weighted by Gasteiger charge is -2.27. The Balaban J connectivity index is 2.21. The third-order valence-corrected chi connectivity index (χ3v) is 4.44. The lowest BCUT2D eigenvalue weighted by molar-refractivity contribution is 0.354. The molecule has 5 heteroatoms. The van der Waals surface area contributed by atoms with Crippen molar-refractivity contribution in [2.75, 3.05) is 14.2 Å². The molecule has 0 atom stereocenters. The van der Waals surface area contributed by atoms with Crippen LogP contribution in [-0.4, -0.2) is 24.2 Å². The molecule has 0 N–H and O–H groups in total. The number of ether oxygens (including phenoxy) is 2. The number of methoxy groups -OCH3 is 2. The van der Waals surface area contributed by atoms with Gasteiger partial charge in [0.15, 0.2) is 11.5 Å². The van der Waals surface area contributed by atoms with E-state index in [0.717, 1.165) is 22.2 Å². The number of hydrogen-bond donors (Lipinski definition) is 0. The van der Waals surface area contributed by atoms with E-state index in [4.69, 9.17) is 21.1 Å². The zero-order chi connectivity index (χ0) is 17.3. The normalized spacial score (nSPS) is 11.5. The van der Waals surface area contributed by atoms with Crippen LogP contribution in [0.15, 0.2) is 42.5 Å². The quantitative estimate of drug-likeness (QED) is 0.648. The van der Waals surface area contributed by atoms with Crippen LogP contribution >= 0.6 is 11.6 Å². The average Bonchev–Trinajstić information content (AvgIpc) is 2.60. The van der Waals surface area contributed by atoms with Crippen LogP contribution in [0.3, 0.4) is 0 Å². The molecule has 3 aromatic rings. The van der Waals surface area contributed by atoms with Crippen molar-refractivity contribution in [3.63, 3.8) is 0 Å². The lowest BCUT2D eigenvalue weighted by Crippen LogP contribution is -2.21. The van der Waals surface area contributed by atoms with Crippen molar-refractivity contribution < 1.29 is 9.47 Å². The Bertz CT molecular complexity index is 894. The molecule has 0 aliphatic carbocycles. The van der Waals surface area contributed by atoms with E-state index in [9.17, 15) is 0 Å². The monoisotopic (exact) mass is 342 g/mol. The molecule has 0 aliphatic rings. The summed E-state index contributed by atoms with van der Waals surface area (Å²) in [5, 5.41) is 1.24. The van der Waals surface area contributed by atoms with Gasteiger partial charge in [-0.05, 0) is 35.4 Å². The number of hydrogen-bond acceptors (Lipinski definition) is 4. The van der Waals surface area contributed by atoms with E-state index >= 15 is 0 Å². The van der Waals surface area contributed by atoms with Crippen LogP contribution in [-0.2, 0) is 5.41 Å². The summed E-state index contributed by atoms with van der Waals surface area (Å²) in [6, 6.07) is 13.8. The Kier molecular flexibility index (Phi) is 4.33. The number of aromatic nitrogens is 2. The molecule has 1 aromatic heterocycles. The second-order valence-electron chi connectivity index (χ2n) is 6.05. The summed E-state index contributed by atoms with van der Waals surface area (Å²) >= 11 is 6.16. The molecule has 0 radical (unpaired) electrons. The smallest absolute Gasteiger partial charge is 0.223 e. The van der Waals surface area contributed by atoms with E-state index in [1.54, 1.807) is 14.2 Å². The first-order valence-electron chi connectivity index (χ1n) is 7.62. The van der Waals surface area contributed by atoms with Crippen LogP contribution < -0.4 is 9.47 Å². The summed E-state index contributed by atoms with van der Waals surface area (Å²) in [7, 11) is 3.26. The van der Waals surface area contributed by atoms with Gasteiger partial charge in [-0.25, -0.2) is 9.97 Å². The molecule has 1 heterocycles. The number of nitrogens with zero attached hydrogens (tertiary/aromatic N) is 2. The predicted octanol–water partition coefficient (Wildman–Crippen LogP) is 4.63. The summed E-state index contributed by atoms with van der Waals surface area (Å²) in [4.78, 5) is 8.84. The molecule has 0 amide bonds. The highest BCUT2D eigenvalue weighted by molar-refractivity contribution is 6.28. The maximum absolute atomic E-state index is 6.16. The van der Waals surface area contributed by atoms with Gasteiger partial charge in [-0.3, -0.25) is 0 Å². The van der Waals surface area contributed by atoms with Gasteiger partial charge in [0, 0.05) is 10.8 Å². The molecular formula is C19H19ClN2O2. The molecular weight excluding hydrogens is 324 g/mol. The van der Waals surface area contributed by atoms with Crippen LogP contribution in [0.1, 0.15) is 25.1 Å². The maximum atomic E-state index is 6.16. The van der Waals surface area contributed by atoms with Crippen molar-refractivity contribution in [1.82, 2.24) is 9.97 Å². The molecule has 0 saturated carbocycles. The summed E-state index contributed by atoms with van der Waals surface area (Å²) in [5.41, 5.74) is 2.39. The zero-order valence-corrected chi connectivity index (χ0v) is 14.9. The molecule has 124 valence electrons. The average molecular weight is 343 g/mol. The lowest BCUT2D eigenvalue weighted by atomic mass is 9.79. The predicted molar refractivity (Wildman–Crippen MR) is 96.2 cm³/mol. The number of rotatable bonds is 4. The first kappa shape index (κ1) is 16.5. The minimum Gasteiger partial charge on any atom is -0.493 e. The van der Waals surface area contributed by atoms with E-state index in [-0.39, 0.29) is 10.7 Å². The van der Waals surface area contributed by atoms with E-state index in [0.29, 0.717) is 11.5 Å². The van der Waals surface area contributed by atoms with Crippen LogP contribution in [0.5, 0.6) is 11.5 Å². The van der Waals surface area contributed by atoms with Crippen LogP contribution in [0, 0.1) is 0 Å². The Morgan fingerprint density at radius 1 is 0.917 bits per heavy atom. The topological polar surface area (TPSA) is 44.2 Å². The van der Waals surface area contributed by atoms with Gasteiger partial charge in [0.1, 0.15) is 0 Å². The zero-order valence-electron chi connectivity index (χ0n) is 14.1. The molecule has 0 saturated heterocycles. The first-order valence-corrected chi connectivity index (χ1v) is 8.00. The van der Waals surface area contributed by atoms with Crippen molar-refractivity contribution in [1.29, 1.82) is 0 Å². The summed E-state index contributed by atoms with van der Waals surface area (Å²) < 4.78 is 10.8. The number of fused-ring (bicyclic) bond motifs is 1. The van der Waals surface area contributed by atoms with Gasteiger partial charge < -0.3 is 9.47 Å². The largest absolute Gasteiger partial charge is 0.493 e. The molecule has 0 spiro atoms. The highest BCUT2D eigenvalue weighted by Gasteiger charge is 2.28. The van der Waals surface area contributed by atoms with E-state index in [1.165, 1.54) is 0 Å². The fourth-order valence-electron chi connectivity index (χ4n) is 2.89. The van der Waals surface area contributed by atoms with Gasteiger partial charge >= 0.3 is 0 Å². The van der Waals surface area contributed by atoms with Gasteiger partial charge in [-0.1, -0.05) is 38.1 Å². The third-order valence-electron chi connectivity index (χ3n) is 4.27. The summed E-state index contributed by atoms with van der Waals surface area (Å²) in [6.45, 7) is 4.22. The van der Waals surface area contributed by atoms with Crippen LogP contribution in [0.25, 0.3) is 10.9 Å². The Hall–Kier alpha value is -2.33. The maximum Gasteiger partial charge on any atom is 0.223 e. The highest BCUT2D eigenvalue weighted by Crippen LogP contribution is 2.38. The van der Waals surface area contributed by atoms with E-state index in [2.05, 4.69) is 23.8 Å². The highest BCUT2D eigenvalue weighted by atomic mass is 35.5. The van der Waals surface area contributed by atoms with Gasteiger partial charge in [-0.15, -0.1) is 0 Å². The van der Waals surface area contributed by atoms with Gasteiger partial charge in [-0.2, -0.15) is 0 Å². The molecule has 0 bridgehead atoms. The van der Waals surface area contributed by atoms with Crippen LogP contribution in [0.4, 0.5) is 0 Å². The standard InChI is InChI=1S/C19H19ClN2O2/c1-19(2,12-9-10-15(23-3)16(11-12)24-4)17-13-7-5-6-8-14(13)21-18(20)22-17/h5-11H,1-4H3. The SMILES string of the molecule is COc1ccc(C(C)(C)c2nc(Cl)nc3ccccc23)cc1OC. The second-order valence-corrected chi connectivity index (χ2v) is 6.39. The molecule has 0 fully saturated rings. The fraction of sp³-hybridized carbons (Fsp3) is 0.263. The van der Waals surface area contributed by atoms with Crippen molar-refractivity contribution in [3.8, 4) is 11.5 Å². The number of halogens is 1.